The molecule has 8 nitrogen and oxygen atoms in total. The number of furan rings is 1. The van der Waals surface area contributed by atoms with E-state index in [4.69, 9.17) is 4.42 Å². The van der Waals surface area contributed by atoms with E-state index in [1.165, 1.54) is 19.3 Å². The highest BCUT2D eigenvalue weighted by Crippen LogP contribution is 2.32. The Kier molecular flexibility index (Phi) is 6.58. The first-order chi connectivity index (χ1) is 16.6. The van der Waals surface area contributed by atoms with Crippen LogP contribution >= 0.6 is 0 Å². The molecule has 1 aliphatic carbocycles. The number of nitrogens with zero attached hydrogens (tertiary/aromatic N) is 5. The highest BCUT2D eigenvalue weighted by atomic mass is 16.3. The van der Waals surface area contributed by atoms with Crippen molar-refractivity contribution < 1.29 is 4.42 Å². The van der Waals surface area contributed by atoms with Crippen LogP contribution in [-0.2, 0) is 13.1 Å². The lowest BCUT2D eigenvalue weighted by molar-refractivity contribution is 0.144. The van der Waals surface area contributed by atoms with Crippen molar-refractivity contribution in [2.45, 2.75) is 77.5 Å². The van der Waals surface area contributed by atoms with Crippen LogP contribution in [0.4, 0.5) is 0 Å². The van der Waals surface area contributed by atoms with E-state index in [1.54, 1.807) is 6.26 Å². The van der Waals surface area contributed by atoms with Crippen LogP contribution in [0.15, 0.2) is 51.9 Å². The normalized spacial score (nSPS) is 15.9. The minimum atomic E-state index is -0.0655. The zero-order valence-corrected chi connectivity index (χ0v) is 19.9. The van der Waals surface area contributed by atoms with Crippen LogP contribution in [0.5, 0.6) is 0 Å². The molecule has 1 aliphatic rings. The molecule has 0 aliphatic heterocycles. The number of H-pyrrole nitrogens is 1. The van der Waals surface area contributed by atoms with Crippen LogP contribution in [0.1, 0.15) is 80.2 Å². The molecule has 1 N–H and O–H groups in total. The summed E-state index contributed by atoms with van der Waals surface area (Å²) in [6.45, 7) is 5.20. The number of aromatic nitrogens is 5. The van der Waals surface area contributed by atoms with E-state index < -0.39 is 0 Å². The highest BCUT2D eigenvalue weighted by molar-refractivity contribution is 5.79. The Morgan fingerprint density at radius 3 is 2.79 bits per heavy atom. The number of hydrogen-bond donors (Lipinski definition) is 1. The molecule has 0 radical (unpaired) electrons. The summed E-state index contributed by atoms with van der Waals surface area (Å²) in [6, 6.07) is 12.3. The molecule has 1 aromatic carbocycles. The number of fused-ring (bicyclic) bond motifs is 1. The van der Waals surface area contributed by atoms with Gasteiger partial charge in [-0.25, -0.2) is 4.68 Å². The first kappa shape index (κ1) is 22.5. The summed E-state index contributed by atoms with van der Waals surface area (Å²) in [5.41, 5.74) is 2.64. The first-order valence-electron chi connectivity index (χ1n) is 12.3. The van der Waals surface area contributed by atoms with Crippen molar-refractivity contribution in [2.75, 3.05) is 0 Å². The van der Waals surface area contributed by atoms with Gasteiger partial charge in [-0.15, -0.1) is 5.10 Å². The molecule has 4 aromatic rings. The summed E-state index contributed by atoms with van der Waals surface area (Å²) < 4.78 is 7.73. The van der Waals surface area contributed by atoms with Crippen molar-refractivity contribution in [2.24, 2.45) is 0 Å². The molecule has 0 saturated heterocycles. The van der Waals surface area contributed by atoms with Crippen LogP contribution in [0, 0.1) is 6.92 Å². The third-order valence-electron chi connectivity index (χ3n) is 6.96. The van der Waals surface area contributed by atoms with Crippen molar-refractivity contribution >= 4 is 10.9 Å². The number of rotatable bonds is 8. The van der Waals surface area contributed by atoms with E-state index in [9.17, 15) is 4.79 Å². The summed E-state index contributed by atoms with van der Waals surface area (Å²) in [5, 5.41) is 14.0. The largest absolute Gasteiger partial charge is 0.468 e. The molecule has 0 bridgehead atoms. The topological polar surface area (TPSA) is 92.8 Å². The molecule has 0 spiro atoms. The van der Waals surface area contributed by atoms with E-state index in [2.05, 4.69) is 44.5 Å². The fraction of sp³-hybridized carbons (Fsp3) is 0.462. The van der Waals surface area contributed by atoms with Gasteiger partial charge in [0, 0.05) is 17.6 Å². The lowest BCUT2D eigenvalue weighted by Gasteiger charge is -2.31. The van der Waals surface area contributed by atoms with Gasteiger partial charge >= 0.3 is 0 Å². The summed E-state index contributed by atoms with van der Waals surface area (Å²) in [6.07, 6.45) is 8.42. The third kappa shape index (κ3) is 4.68. The summed E-state index contributed by atoms with van der Waals surface area (Å²) >= 11 is 0. The monoisotopic (exact) mass is 460 g/mol. The predicted octanol–water partition coefficient (Wildman–Crippen LogP) is 5.07. The minimum Gasteiger partial charge on any atom is -0.468 e. The molecule has 5 rings (SSSR count). The van der Waals surface area contributed by atoms with E-state index in [1.807, 2.05) is 35.9 Å². The van der Waals surface area contributed by atoms with Gasteiger partial charge in [0.1, 0.15) is 5.76 Å². The third-order valence-corrected chi connectivity index (χ3v) is 6.96. The summed E-state index contributed by atoms with van der Waals surface area (Å²) in [5.74, 6) is 1.72. The molecule has 1 fully saturated rings. The number of pyridine rings is 1. The summed E-state index contributed by atoms with van der Waals surface area (Å²) in [7, 11) is 0. The van der Waals surface area contributed by atoms with Gasteiger partial charge in [-0.2, -0.15) is 0 Å². The van der Waals surface area contributed by atoms with E-state index >= 15 is 0 Å². The van der Waals surface area contributed by atoms with E-state index in [0.29, 0.717) is 19.1 Å². The second-order valence-electron chi connectivity index (χ2n) is 9.40. The van der Waals surface area contributed by atoms with Crippen LogP contribution in [0.3, 0.4) is 0 Å². The Labute approximate surface area is 199 Å². The second-order valence-corrected chi connectivity index (χ2v) is 9.40. The van der Waals surface area contributed by atoms with Gasteiger partial charge in [0.2, 0.25) is 0 Å². The maximum atomic E-state index is 13.0. The van der Waals surface area contributed by atoms with Gasteiger partial charge in [-0.1, -0.05) is 38.3 Å². The molecular weight excluding hydrogens is 428 g/mol. The zero-order valence-electron chi connectivity index (χ0n) is 19.9. The molecule has 1 atom stereocenters. The molecule has 0 amide bonds. The van der Waals surface area contributed by atoms with Gasteiger partial charge in [-0.3, -0.25) is 9.69 Å². The van der Waals surface area contributed by atoms with Crippen LogP contribution in [0.2, 0.25) is 0 Å². The van der Waals surface area contributed by atoms with E-state index in [0.717, 1.165) is 52.9 Å². The fourth-order valence-corrected chi connectivity index (χ4v) is 5.18. The quantitative estimate of drug-likeness (QED) is 0.394. The second kappa shape index (κ2) is 9.93. The Balaban J connectivity index is 1.50. The highest BCUT2D eigenvalue weighted by Gasteiger charge is 2.29. The SMILES string of the molecule is CC[C@H](c1nnnn1C1CCCCC1)N(Cc1ccco1)Cc1cc2ccc(C)cc2[nH]c1=O. The molecular formula is C26H32N6O2. The van der Waals surface area contributed by atoms with Crippen LogP contribution in [-0.4, -0.2) is 30.1 Å². The maximum Gasteiger partial charge on any atom is 0.252 e. The van der Waals surface area contributed by atoms with Gasteiger partial charge in [-0.05, 0) is 71.8 Å². The van der Waals surface area contributed by atoms with Crippen molar-refractivity contribution in [3.05, 3.63) is 75.7 Å². The number of benzene rings is 1. The molecule has 3 heterocycles. The van der Waals surface area contributed by atoms with Crippen molar-refractivity contribution in [3.63, 3.8) is 0 Å². The number of nitrogens with one attached hydrogen (secondary N) is 1. The predicted molar refractivity (Wildman–Crippen MR) is 130 cm³/mol. The molecule has 8 heteroatoms. The Hall–Kier alpha value is -3.26. The van der Waals surface area contributed by atoms with Gasteiger partial charge < -0.3 is 9.40 Å². The Bertz CT molecular complexity index is 1290. The van der Waals surface area contributed by atoms with Crippen molar-refractivity contribution in [3.8, 4) is 0 Å². The molecule has 3 aromatic heterocycles. The minimum absolute atomic E-state index is 0.0462. The van der Waals surface area contributed by atoms with E-state index in [-0.39, 0.29) is 11.6 Å². The zero-order chi connectivity index (χ0) is 23.5. The standard InChI is InChI=1S/C26H32N6O2/c1-3-24(25-28-29-30-32(25)21-8-5-4-6-9-21)31(17-22-10-7-13-34-22)16-20-15-19-12-11-18(2)14-23(19)27-26(20)33/h7,10-15,21,24H,3-6,8-9,16-17H2,1-2H3,(H,27,33)/t24-/m1/s1. The summed E-state index contributed by atoms with van der Waals surface area (Å²) in [4.78, 5) is 18.4. The first-order valence-corrected chi connectivity index (χ1v) is 12.3. The number of aryl methyl sites for hydroxylation is 1. The Morgan fingerprint density at radius 1 is 1.18 bits per heavy atom. The number of tetrazole rings is 1. The molecule has 1 saturated carbocycles. The number of aromatic amines is 1. The van der Waals surface area contributed by atoms with Gasteiger partial charge in [0.05, 0.1) is 24.9 Å². The van der Waals surface area contributed by atoms with Crippen LogP contribution < -0.4 is 5.56 Å². The molecule has 34 heavy (non-hydrogen) atoms. The Morgan fingerprint density at radius 2 is 2.03 bits per heavy atom. The lowest BCUT2D eigenvalue weighted by atomic mass is 9.95. The average molecular weight is 461 g/mol. The molecule has 0 unspecified atom stereocenters. The maximum absolute atomic E-state index is 13.0. The number of hydrogen-bond acceptors (Lipinski definition) is 6. The van der Waals surface area contributed by atoms with Crippen molar-refractivity contribution in [1.82, 2.24) is 30.1 Å². The lowest BCUT2D eigenvalue weighted by Crippen LogP contribution is -2.33. The van der Waals surface area contributed by atoms with Gasteiger partial charge in [0.25, 0.3) is 5.56 Å². The van der Waals surface area contributed by atoms with Gasteiger partial charge in [0.15, 0.2) is 5.82 Å². The van der Waals surface area contributed by atoms with Crippen molar-refractivity contribution in [1.29, 1.82) is 0 Å². The smallest absolute Gasteiger partial charge is 0.252 e. The average Bonchev–Trinajstić information content (AvgIpc) is 3.53. The van der Waals surface area contributed by atoms with Crippen LogP contribution in [0.25, 0.3) is 10.9 Å². The molecule has 178 valence electrons. The fourth-order valence-electron chi connectivity index (χ4n) is 5.18.